The molecule has 0 aromatic heterocycles. The second-order valence-corrected chi connectivity index (χ2v) is 4.84. The number of likely N-dealkylation sites (tertiary alicyclic amines) is 1. The van der Waals surface area contributed by atoms with Gasteiger partial charge in [-0.05, 0) is 49.7 Å². The number of allylic oxidation sites excluding steroid dienone is 1. The van der Waals surface area contributed by atoms with Gasteiger partial charge in [0.25, 0.3) is 0 Å². The molecule has 19 heavy (non-hydrogen) atoms. The van der Waals surface area contributed by atoms with Crippen LogP contribution in [0, 0.1) is 0 Å². The number of hydrogen-bond acceptors (Lipinski definition) is 3. The lowest BCUT2D eigenvalue weighted by atomic mass is 10.1. The summed E-state index contributed by atoms with van der Waals surface area (Å²) in [5, 5.41) is 0. The zero-order valence-electron chi connectivity index (χ0n) is 11.5. The second-order valence-electron chi connectivity index (χ2n) is 4.84. The van der Waals surface area contributed by atoms with E-state index in [4.69, 9.17) is 4.74 Å². The first kappa shape index (κ1) is 13.7. The molecule has 1 aliphatic heterocycles. The molecule has 0 radical (unpaired) electrons. The molecule has 1 aromatic rings. The van der Waals surface area contributed by atoms with Crippen molar-refractivity contribution < 1.29 is 9.53 Å². The van der Waals surface area contributed by atoms with Crippen LogP contribution in [0.2, 0.25) is 0 Å². The molecule has 1 aromatic carbocycles. The summed E-state index contributed by atoms with van der Waals surface area (Å²) in [6.45, 7) is 2.24. The van der Waals surface area contributed by atoms with Gasteiger partial charge in [0.1, 0.15) is 5.75 Å². The number of carbonyl (C=O) groups is 1. The Balaban J connectivity index is 1.84. The van der Waals surface area contributed by atoms with Crippen LogP contribution in [0.5, 0.6) is 5.75 Å². The molecule has 0 saturated carbocycles. The maximum Gasteiger partial charge on any atom is 0.166 e. The Morgan fingerprint density at radius 2 is 1.89 bits per heavy atom. The summed E-state index contributed by atoms with van der Waals surface area (Å²) in [6, 6.07) is 7.27. The number of hydrogen-bond donors (Lipinski definition) is 0. The quantitative estimate of drug-likeness (QED) is 0.760. The maximum absolute atomic E-state index is 12.0. The molecule has 1 saturated heterocycles. The Morgan fingerprint density at radius 1 is 1.21 bits per heavy atom. The monoisotopic (exact) mass is 259 g/mol. The fraction of sp³-hybridized carbons (Fsp3) is 0.438. The fourth-order valence-electron chi connectivity index (χ4n) is 2.27. The standard InChI is InChI=1S/C16H21NO2/c1-19-15-9-7-14(8-10-15)16(18)6-5-13-17-11-3-2-4-12-17/h5,7-10,13H,2-4,6,11-12H2,1H3. The zero-order chi connectivity index (χ0) is 13.5. The van der Waals surface area contributed by atoms with Gasteiger partial charge in [0, 0.05) is 25.1 Å². The molecule has 0 spiro atoms. The summed E-state index contributed by atoms with van der Waals surface area (Å²) in [4.78, 5) is 14.3. The molecule has 0 N–H and O–H groups in total. The van der Waals surface area contributed by atoms with E-state index in [1.54, 1.807) is 7.11 Å². The molecular formula is C16H21NO2. The molecule has 0 aliphatic carbocycles. The minimum atomic E-state index is 0.149. The SMILES string of the molecule is COc1ccc(C(=O)CC=CN2CCCCC2)cc1. The van der Waals surface area contributed by atoms with Crippen LogP contribution in [0.4, 0.5) is 0 Å². The lowest BCUT2D eigenvalue weighted by Gasteiger charge is -2.24. The van der Waals surface area contributed by atoms with Crippen LogP contribution < -0.4 is 4.74 Å². The summed E-state index contributed by atoms with van der Waals surface area (Å²) in [6.07, 6.45) is 8.35. The molecular weight excluding hydrogens is 238 g/mol. The van der Waals surface area contributed by atoms with Gasteiger partial charge in [-0.15, -0.1) is 0 Å². The smallest absolute Gasteiger partial charge is 0.166 e. The van der Waals surface area contributed by atoms with Gasteiger partial charge in [0.15, 0.2) is 5.78 Å². The number of methoxy groups -OCH3 is 1. The maximum atomic E-state index is 12.0. The topological polar surface area (TPSA) is 29.5 Å². The summed E-state index contributed by atoms with van der Waals surface area (Å²) in [5.41, 5.74) is 0.740. The van der Waals surface area contributed by atoms with Gasteiger partial charge in [-0.3, -0.25) is 4.79 Å². The van der Waals surface area contributed by atoms with Gasteiger partial charge in [-0.25, -0.2) is 0 Å². The zero-order valence-corrected chi connectivity index (χ0v) is 11.5. The summed E-state index contributed by atoms with van der Waals surface area (Å²) >= 11 is 0. The number of piperidine rings is 1. The van der Waals surface area contributed by atoms with E-state index >= 15 is 0 Å². The number of ether oxygens (including phenoxy) is 1. The van der Waals surface area contributed by atoms with E-state index in [1.165, 1.54) is 19.3 Å². The predicted octanol–water partition coefficient (Wildman–Crippen LogP) is 3.27. The van der Waals surface area contributed by atoms with Crippen LogP contribution in [-0.4, -0.2) is 30.9 Å². The molecule has 102 valence electrons. The Kier molecular flexibility index (Phi) is 5.01. The molecule has 1 fully saturated rings. The molecule has 3 heteroatoms. The van der Waals surface area contributed by atoms with E-state index in [2.05, 4.69) is 11.1 Å². The molecule has 1 aliphatic rings. The van der Waals surface area contributed by atoms with Crippen molar-refractivity contribution in [2.24, 2.45) is 0 Å². The Labute approximate surface area is 114 Å². The highest BCUT2D eigenvalue weighted by atomic mass is 16.5. The van der Waals surface area contributed by atoms with E-state index in [1.807, 2.05) is 30.3 Å². The molecule has 1 heterocycles. The van der Waals surface area contributed by atoms with Crippen LogP contribution in [-0.2, 0) is 0 Å². The van der Waals surface area contributed by atoms with Crippen LogP contribution >= 0.6 is 0 Å². The average molecular weight is 259 g/mol. The van der Waals surface area contributed by atoms with Crippen molar-refractivity contribution in [2.75, 3.05) is 20.2 Å². The van der Waals surface area contributed by atoms with Crippen molar-refractivity contribution >= 4 is 5.78 Å². The van der Waals surface area contributed by atoms with Gasteiger partial charge in [-0.1, -0.05) is 6.08 Å². The Morgan fingerprint density at radius 3 is 2.53 bits per heavy atom. The van der Waals surface area contributed by atoms with Gasteiger partial charge in [0.2, 0.25) is 0 Å². The lowest BCUT2D eigenvalue weighted by Crippen LogP contribution is -2.24. The number of benzene rings is 1. The molecule has 2 rings (SSSR count). The van der Waals surface area contributed by atoms with Crippen molar-refractivity contribution in [2.45, 2.75) is 25.7 Å². The van der Waals surface area contributed by atoms with E-state index in [9.17, 15) is 4.79 Å². The van der Waals surface area contributed by atoms with Gasteiger partial charge >= 0.3 is 0 Å². The molecule has 3 nitrogen and oxygen atoms in total. The fourth-order valence-corrected chi connectivity index (χ4v) is 2.27. The Hall–Kier alpha value is -1.77. The minimum absolute atomic E-state index is 0.149. The van der Waals surface area contributed by atoms with E-state index in [0.717, 1.165) is 24.4 Å². The van der Waals surface area contributed by atoms with Gasteiger partial charge in [-0.2, -0.15) is 0 Å². The lowest BCUT2D eigenvalue weighted by molar-refractivity contribution is 0.0995. The molecule has 0 bridgehead atoms. The van der Waals surface area contributed by atoms with Crippen LogP contribution in [0.15, 0.2) is 36.5 Å². The predicted molar refractivity (Wildman–Crippen MR) is 76.5 cm³/mol. The first-order valence-corrected chi connectivity index (χ1v) is 6.87. The van der Waals surface area contributed by atoms with Gasteiger partial charge in [0.05, 0.1) is 7.11 Å². The van der Waals surface area contributed by atoms with Crippen LogP contribution in [0.1, 0.15) is 36.0 Å². The van der Waals surface area contributed by atoms with E-state index in [0.29, 0.717) is 6.42 Å². The summed E-state index contributed by atoms with van der Waals surface area (Å²) in [5.74, 6) is 0.927. The average Bonchev–Trinajstić information content (AvgIpc) is 2.48. The highest BCUT2D eigenvalue weighted by Gasteiger charge is 2.06. The van der Waals surface area contributed by atoms with Crippen molar-refractivity contribution in [1.82, 2.24) is 4.90 Å². The highest BCUT2D eigenvalue weighted by molar-refractivity contribution is 5.97. The third-order valence-corrected chi connectivity index (χ3v) is 3.42. The first-order chi connectivity index (χ1) is 9.29. The second kappa shape index (κ2) is 6.98. The normalized spacial score (nSPS) is 15.7. The number of rotatable bonds is 5. The van der Waals surface area contributed by atoms with Crippen LogP contribution in [0.25, 0.3) is 0 Å². The van der Waals surface area contributed by atoms with Crippen molar-refractivity contribution in [1.29, 1.82) is 0 Å². The van der Waals surface area contributed by atoms with E-state index in [-0.39, 0.29) is 5.78 Å². The van der Waals surface area contributed by atoms with E-state index < -0.39 is 0 Å². The van der Waals surface area contributed by atoms with Crippen molar-refractivity contribution in [3.05, 3.63) is 42.1 Å². The van der Waals surface area contributed by atoms with Crippen molar-refractivity contribution in [3.8, 4) is 5.75 Å². The highest BCUT2D eigenvalue weighted by Crippen LogP contribution is 2.13. The molecule has 0 atom stereocenters. The number of nitrogens with zero attached hydrogens (tertiary/aromatic N) is 1. The molecule has 0 unspecified atom stereocenters. The van der Waals surface area contributed by atoms with Crippen LogP contribution in [0.3, 0.4) is 0 Å². The molecule has 0 amide bonds. The van der Waals surface area contributed by atoms with Gasteiger partial charge < -0.3 is 9.64 Å². The number of carbonyl (C=O) groups excluding carboxylic acids is 1. The minimum Gasteiger partial charge on any atom is -0.497 e. The summed E-state index contributed by atoms with van der Waals surface area (Å²) in [7, 11) is 1.62. The Bertz CT molecular complexity index is 431. The summed E-state index contributed by atoms with van der Waals surface area (Å²) < 4.78 is 5.08. The van der Waals surface area contributed by atoms with Crippen molar-refractivity contribution in [3.63, 3.8) is 0 Å². The third-order valence-electron chi connectivity index (χ3n) is 3.42. The first-order valence-electron chi connectivity index (χ1n) is 6.87. The number of ketones is 1. The number of Topliss-reactive ketones (excluding diaryl/α,β-unsaturated/α-hetero) is 1. The largest absolute Gasteiger partial charge is 0.497 e. The third kappa shape index (κ3) is 4.12.